The Hall–Kier alpha value is -2.56. The second kappa shape index (κ2) is 10.3. The minimum absolute atomic E-state index is 0.237. The molecule has 0 aliphatic carbocycles. The zero-order chi connectivity index (χ0) is 20.6. The van der Waals surface area contributed by atoms with Crippen LogP contribution in [-0.4, -0.2) is 6.61 Å². The van der Waals surface area contributed by atoms with E-state index in [1.54, 1.807) is 18.2 Å². The van der Waals surface area contributed by atoms with E-state index in [0.717, 1.165) is 16.7 Å². The molecule has 3 aromatic rings. The molecule has 0 amide bonds. The topological polar surface area (TPSA) is 30.5 Å². The molecule has 0 spiro atoms. The van der Waals surface area contributed by atoms with Crippen molar-refractivity contribution >= 4 is 11.6 Å². The summed E-state index contributed by atoms with van der Waals surface area (Å²) in [6, 6.07) is 18.3. The van der Waals surface area contributed by atoms with E-state index >= 15 is 0 Å². The summed E-state index contributed by atoms with van der Waals surface area (Å²) in [4.78, 5) is 0. The van der Waals surface area contributed by atoms with Gasteiger partial charge in [0.05, 0.1) is 6.61 Å². The maximum absolute atomic E-state index is 13.0. The maximum atomic E-state index is 13.0. The van der Waals surface area contributed by atoms with Crippen LogP contribution in [0.5, 0.6) is 11.5 Å². The Kier molecular flexibility index (Phi) is 7.50. The van der Waals surface area contributed by atoms with Crippen molar-refractivity contribution in [3.8, 4) is 11.5 Å². The highest BCUT2D eigenvalue weighted by molar-refractivity contribution is 6.31. The summed E-state index contributed by atoms with van der Waals surface area (Å²) < 4.78 is 24.8. The number of hydrogen-bond donors (Lipinski definition) is 1. The molecule has 0 bridgehead atoms. The number of aryl methyl sites for hydroxylation is 1. The number of nitrogens with one attached hydrogen (secondary N) is 1. The zero-order valence-electron chi connectivity index (χ0n) is 16.7. The molecule has 0 radical (unpaired) electrons. The molecule has 29 heavy (non-hydrogen) atoms. The standard InChI is InChI=1S/C24H25ClFNO2/c1-3-28-23-12-20(15-27-14-18-8-10-21(26)11-9-18)22(25)13-24(23)29-16-19-7-5-4-6-17(19)2/h4-13,27H,3,14-16H2,1-2H3. The Bertz CT molecular complexity index is 944. The molecule has 3 rings (SSSR count). The second-order valence-corrected chi connectivity index (χ2v) is 7.18. The molecule has 5 heteroatoms. The molecule has 0 aliphatic heterocycles. The van der Waals surface area contributed by atoms with Crippen LogP contribution in [0.3, 0.4) is 0 Å². The first-order valence-corrected chi connectivity index (χ1v) is 10.0. The van der Waals surface area contributed by atoms with Gasteiger partial charge in [0, 0.05) is 24.2 Å². The SMILES string of the molecule is CCOc1cc(CNCc2ccc(F)cc2)c(Cl)cc1OCc1ccccc1C. The molecule has 152 valence electrons. The fourth-order valence-corrected chi connectivity index (χ4v) is 3.19. The van der Waals surface area contributed by atoms with Crippen molar-refractivity contribution in [3.63, 3.8) is 0 Å². The Labute approximate surface area is 176 Å². The number of rotatable bonds is 9. The predicted molar refractivity (Wildman–Crippen MR) is 115 cm³/mol. The lowest BCUT2D eigenvalue weighted by Gasteiger charge is -2.16. The van der Waals surface area contributed by atoms with Gasteiger partial charge in [0.2, 0.25) is 0 Å². The van der Waals surface area contributed by atoms with E-state index < -0.39 is 0 Å². The Morgan fingerprint density at radius 3 is 2.34 bits per heavy atom. The van der Waals surface area contributed by atoms with E-state index in [0.29, 0.717) is 42.8 Å². The van der Waals surface area contributed by atoms with Gasteiger partial charge in [-0.15, -0.1) is 0 Å². The fourth-order valence-electron chi connectivity index (χ4n) is 2.97. The van der Waals surface area contributed by atoms with Gasteiger partial charge in [-0.25, -0.2) is 4.39 Å². The van der Waals surface area contributed by atoms with Gasteiger partial charge in [0.15, 0.2) is 11.5 Å². The molecule has 0 aliphatic rings. The van der Waals surface area contributed by atoms with Crippen LogP contribution < -0.4 is 14.8 Å². The van der Waals surface area contributed by atoms with Crippen LogP contribution >= 0.6 is 11.6 Å². The molecule has 0 saturated carbocycles. The maximum Gasteiger partial charge on any atom is 0.163 e. The predicted octanol–water partition coefficient (Wildman–Crippen LogP) is 6.06. The Morgan fingerprint density at radius 2 is 1.62 bits per heavy atom. The Balaban J connectivity index is 1.68. The molecular weight excluding hydrogens is 389 g/mol. The number of ether oxygens (including phenoxy) is 2. The van der Waals surface area contributed by atoms with Crippen molar-refractivity contribution < 1.29 is 13.9 Å². The highest BCUT2D eigenvalue weighted by Gasteiger charge is 2.12. The Morgan fingerprint density at radius 1 is 0.897 bits per heavy atom. The summed E-state index contributed by atoms with van der Waals surface area (Å²) >= 11 is 6.49. The van der Waals surface area contributed by atoms with Crippen LogP contribution in [0.25, 0.3) is 0 Å². The van der Waals surface area contributed by atoms with Crippen LogP contribution in [0.4, 0.5) is 4.39 Å². The second-order valence-electron chi connectivity index (χ2n) is 6.77. The number of halogens is 2. The largest absolute Gasteiger partial charge is 0.490 e. The van der Waals surface area contributed by atoms with E-state index in [4.69, 9.17) is 21.1 Å². The van der Waals surface area contributed by atoms with Crippen molar-refractivity contribution in [1.82, 2.24) is 5.32 Å². The first-order valence-electron chi connectivity index (χ1n) is 9.64. The number of benzene rings is 3. The summed E-state index contributed by atoms with van der Waals surface area (Å²) in [5.74, 6) is 1.06. The average Bonchev–Trinajstić information content (AvgIpc) is 2.71. The third-order valence-electron chi connectivity index (χ3n) is 4.61. The van der Waals surface area contributed by atoms with Crippen molar-refractivity contribution in [2.24, 2.45) is 0 Å². The molecule has 3 aromatic carbocycles. The summed E-state index contributed by atoms with van der Waals surface area (Å²) in [5, 5.41) is 3.94. The van der Waals surface area contributed by atoms with Gasteiger partial charge < -0.3 is 14.8 Å². The molecule has 0 heterocycles. The van der Waals surface area contributed by atoms with Crippen LogP contribution in [0.15, 0.2) is 60.7 Å². The smallest absolute Gasteiger partial charge is 0.163 e. The van der Waals surface area contributed by atoms with Gasteiger partial charge in [0.25, 0.3) is 0 Å². The third-order valence-corrected chi connectivity index (χ3v) is 4.97. The molecule has 0 aromatic heterocycles. The summed E-state index contributed by atoms with van der Waals surface area (Å²) in [5.41, 5.74) is 4.22. The zero-order valence-corrected chi connectivity index (χ0v) is 17.4. The molecule has 0 saturated heterocycles. The van der Waals surface area contributed by atoms with Gasteiger partial charge >= 0.3 is 0 Å². The van der Waals surface area contributed by atoms with Crippen LogP contribution in [0, 0.1) is 12.7 Å². The van der Waals surface area contributed by atoms with Gasteiger partial charge in [-0.05, 0) is 54.3 Å². The molecule has 0 unspecified atom stereocenters. The summed E-state index contributed by atoms with van der Waals surface area (Å²) in [6.45, 7) is 6.16. The fraction of sp³-hybridized carbons (Fsp3) is 0.250. The highest BCUT2D eigenvalue weighted by Crippen LogP contribution is 2.34. The van der Waals surface area contributed by atoms with E-state index in [1.807, 2.05) is 31.2 Å². The summed E-state index contributed by atoms with van der Waals surface area (Å²) in [6.07, 6.45) is 0. The average molecular weight is 414 g/mol. The van der Waals surface area contributed by atoms with Crippen LogP contribution in [0.1, 0.15) is 29.2 Å². The van der Waals surface area contributed by atoms with Gasteiger partial charge in [-0.2, -0.15) is 0 Å². The third kappa shape index (κ3) is 5.96. The van der Waals surface area contributed by atoms with E-state index in [2.05, 4.69) is 18.3 Å². The normalized spacial score (nSPS) is 10.8. The van der Waals surface area contributed by atoms with Crippen molar-refractivity contribution in [1.29, 1.82) is 0 Å². The molecule has 1 N–H and O–H groups in total. The lowest BCUT2D eigenvalue weighted by Crippen LogP contribution is -2.13. The number of hydrogen-bond acceptors (Lipinski definition) is 3. The lowest BCUT2D eigenvalue weighted by molar-refractivity contribution is 0.268. The minimum atomic E-state index is -0.237. The van der Waals surface area contributed by atoms with Crippen molar-refractivity contribution in [2.75, 3.05) is 6.61 Å². The van der Waals surface area contributed by atoms with Gasteiger partial charge in [-0.1, -0.05) is 48.0 Å². The molecule has 0 atom stereocenters. The van der Waals surface area contributed by atoms with E-state index in [1.165, 1.54) is 17.7 Å². The van der Waals surface area contributed by atoms with Crippen LogP contribution in [-0.2, 0) is 19.7 Å². The minimum Gasteiger partial charge on any atom is -0.490 e. The molecule has 0 fully saturated rings. The summed E-state index contributed by atoms with van der Waals surface area (Å²) in [7, 11) is 0. The first-order chi connectivity index (χ1) is 14.1. The molecular formula is C24H25ClFNO2. The van der Waals surface area contributed by atoms with Gasteiger partial charge in [-0.3, -0.25) is 0 Å². The molecule has 3 nitrogen and oxygen atoms in total. The monoisotopic (exact) mass is 413 g/mol. The van der Waals surface area contributed by atoms with Crippen molar-refractivity contribution in [2.45, 2.75) is 33.5 Å². The van der Waals surface area contributed by atoms with E-state index in [9.17, 15) is 4.39 Å². The van der Waals surface area contributed by atoms with Gasteiger partial charge in [0.1, 0.15) is 12.4 Å². The first kappa shape index (κ1) is 21.2. The highest BCUT2D eigenvalue weighted by atomic mass is 35.5. The van der Waals surface area contributed by atoms with E-state index in [-0.39, 0.29) is 5.82 Å². The van der Waals surface area contributed by atoms with Crippen molar-refractivity contribution in [3.05, 3.63) is 93.8 Å². The lowest BCUT2D eigenvalue weighted by atomic mass is 10.1. The quantitative estimate of drug-likeness (QED) is 0.462. The van der Waals surface area contributed by atoms with Crippen LogP contribution in [0.2, 0.25) is 5.02 Å².